The SMILES string of the molecule is COCC(=O)N1CCN(CCc2ccccc2)C[C@H]1C(N)=O. The highest BCUT2D eigenvalue weighted by Crippen LogP contribution is 2.11. The molecule has 22 heavy (non-hydrogen) atoms. The van der Waals surface area contributed by atoms with Crippen LogP contribution in [0, 0.1) is 0 Å². The van der Waals surface area contributed by atoms with Crippen LogP contribution >= 0.6 is 0 Å². The number of carbonyl (C=O) groups is 2. The van der Waals surface area contributed by atoms with E-state index in [1.54, 1.807) is 0 Å². The van der Waals surface area contributed by atoms with Crippen LogP contribution in [0.15, 0.2) is 30.3 Å². The summed E-state index contributed by atoms with van der Waals surface area (Å²) in [6.45, 7) is 2.56. The molecule has 2 N–H and O–H groups in total. The Morgan fingerprint density at radius 3 is 2.64 bits per heavy atom. The zero-order valence-electron chi connectivity index (χ0n) is 12.9. The van der Waals surface area contributed by atoms with Crippen molar-refractivity contribution in [1.29, 1.82) is 0 Å². The second-order valence-corrected chi connectivity index (χ2v) is 5.47. The molecule has 0 bridgehead atoms. The van der Waals surface area contributed by atoms with Crippen molar-refractivity contribution in [3.05, 3.63) is 35.9 Å². The fourth-order valence-corrected chi connectivity index (χ4v) is 2.72. The van der Waals surface area contributed by atoms with Gasteiger partial charge in [0, 0.05) is 33.3 Å². The van der Waals surface area contributed by atoms with Gasteiger partial charge in [-0.2, -0.15) is 0 Å². The number of piperazine rings is 1. The molecule has 1 aliphatic rings. The van der Waals surface area contributed by atoms with Crippen LogP contribution in [0.3, 0.4) is 0 Å². The molecule has 0 aliphatic carbocycles. The van der Waals surface area contributed by atoms with Gasteiger partial charge < -0.3 is 15.4 Å². The molecule has 0 unspecified atom stereocenters. The minimum Gasteiger partial charge on any atom is -0.375 e. The van der Waals surface area contributed by atoms with E-state index in [4.69, 9.17) is 10.5 Å². The number of rotatable bonds is 6. The second kappa shape index (κ2) is 7.91. The lowest BCUT2D eigenvalue weighted by molar-refractivity contribution is -0.145. The second-order valence-electron chi connectivity index (χ2n) is 5.47. The first-order valence-corrected chi connectivity index (χ1v) is 7.46. The molecule has 1 aliphatic heterocycles. The Morgan fingerprint density at radius 2 is 2.00 bits per heavy atom. The van der Waals surface area contributed by atoms with Crippen molar-refractivity contribution in [3.63, 3.8) is 0 Å². The van der Waals surface area contributed by atoms with Crippen molar-refractivity contribution in [1.82, 2.24) is 9.80 Å². The standard InChI is InChI=1S/C16H23N3O3/c1-22-12-15(20)19-10-9-18(11-14(19)16(17)21)8-7-13-5-3-2-4-6-13/h2-6,14H,7-12H2,1H3,(H2,17,21)/t14-/m0/s1. The summed E-state index contributed by atoms with van der Waals surface area (Å²) < 4.78 is 4.86. The van der Waals surface area contributed by atoms with Gasteiger partial charge in [0.25, 0.3) is 0 Å². The van der Waals surface area contributed by atoms with E-state index in [1.165, 1.54) is 17.6 Å². The van der Waals surface area contributed by atoms with Crippen molar-refractivity contribution >= 4 is 11.8 Å². The van der Waals surface area contributed by atoms with Crippen LogP contribution in [0.5, 0.6) is 0 Å². The molecule has 6 nitrogen and oxygen atoms in total. The smallest absolute Gasteiger partial charge is 0.249 e. The largest absolute Gasteiger partial charge is 0.375 e. The zero-order valence-corrected chi connectivity index (χ0v) is 12.9. The molecule has 6 heteroatoms. The number of nitrogens with zero attached hydrogens (tertiary/aromatic N) is 2. The van der Waals surface area contributed by atoms with E-state index in [-0.39, 0.29) is 12.5 Å². The molecular weight excluding hydrogens is 282 g/mol. The lowest BCUT2D eigenvalue weighted by Gasteiger charge is -2.39. The van der Waals surface area contributed by atoms with Gasteiger partial charge in [-0.3, -0.25) is 14.5 Å². The van der Waals surface area contributed by atoms with Gasteiger partial charge in [0.2, 0.25) is 11.8 Å². The molecule has 1 atom stereocenters. The predicted molar refractivity (Wildman–Crippen MR) is 83.2 cm³/mol. The summed E-state index contributed by atoms with van der Waals surface area (Å²) in [6, 6.07) is 9.62. The predicted octanol–water partition coefficient (Wildman–Crippen LogP) is -0.126. The molecule has 2 rings (SSSR count). The molecule has 1 fully saturated rings. The van der Waals surface area contributed by atoms with Crippen LogP contribution in [0.25, 0.3) is 0 Å². The van der Waals surface area contributed by atoms with Crippen molar-refractivity contribution < 1.29 is 14.3 Å². The molecular formula is C16H23N3O3. The molecule has 1 saturated heterocycles. The average molecular weight is 305 g/mol. The van der Waals surface area contributed by atoms with Crippen molar-refractivity contribution in [3.8, 4) is 0 Å². The first-order valence-electron chi connectivity index (χ1n) is 7.46. The number of benzene rings is 1. The Kier molecular flexibility index (Phi) is 5.91. The topological polar surface area (TPSA) is 75.9 Å². The van der Waals surface area contributed by atoms with Gasteiger partial charge in [-0.1, -0.05) is 30.3 Å². The molecule has 120 valence electrons. The Bertz CT molecular complexity index is 507. The third-order valence-corrected chi connectivity index (χ3v) is 3.94. The molecule has 0 radical (unpaired) electrons. The van der Waals surface area contributed by atoms with Crippen LogP contribution in [0.1, 0.15) is 5.56 Å². The number of primary amides is 1. The van der Waals surface area contributed by atoms with Gasteiger partial charge in [-0.25, -0.2) is 0 Å². The van der Waals surface area contributed by atoms with Crippen LogP contribution in [-0.2, 0) is 20.7 Å². The van der Waals surface area contributed by atoms with E-state index in [2.05, 4.69) is 17.0 Å². The summed E-state index contributed by atoms with van der Waals surface area (Å²) in [5, 5.41) is 0. The van der Waals surface area contributed by atoms with E-state index in [1.807, 2.05) is 18.2 Å². The number of amides is 2. The summed E-state index contributed by atoms with van der Waals surface area (Å²) in [5.74, 6) is -0.650. The molecule has 1 aromatic carbocycles. The van der Waals surface area contributed by atoms with E-state index in [9.17, 15) is 9.59 Å². The summed E-state index contributed by atoms with van der Waals surface area (Å²) in [4.78, 5) is 27.3. The normalized spacial score (nSPS) is 19.1. The maximum Gasteiger partial charge on any atom is 0.249 e. The molecule has 1 aromatic rings. The summed E-state index contributed by atoms with van der Waals surface area (Å²) >= 11 is 0. The van der Waals surface area contributed by atoms with Crippen molar-refractivity contribution in [2.24, 2.45) is 5.73 Å². The Balaban J connectivity index is 1.92. The van der Waals surface area contributed by atoms with Gasteiger partial charge in [-0.15, -0.1) is 0 Å². The molecule has 0 aromatic heterocycles. The molecule has 2 amide bonds. The maximum atomic E-state index is 12.0. The molecule has 0 saturated carbocycles. The third-order valence-electron chi connectivity index (χ3n) is 3.94. The van der Waals surface area contributed by atoms with E-state index < -0.39 is 11.9 Å². The maximum absolute atomic E-state index is 12.0. The number of hydrogen-bond acceptors (Lipinski definition) is 4. The van der Waals surface area contributed by atoms with Gasteiger partial charge in [0.05, 0.1) is 0 Å². The fourth-order valence-electron chi connectivity index (χ4n) is 2.72. The summed E-state index contributed by atoms with van der Waals surface area (Å²) in [6.07, 6.45) is 0.915. The first kappa shape index (κ1) is 16.5. The van der Waals surface area contributed by atoms with Crippen LogP contribution in [0.4, 0.5) is 0 Å². The van der Waals surface area contributed by atoms with Crippen molar-refractivity contribution in [2.45, 2.75) is 12.5 Å². The van der Waals surface area contributed by atoms with E-state index in [0.29, 0.717) is 13.1 Å². The van der Waals surface area contributed by atoms with Crippen molar-refractivity contribution in [2.75, 3.05) is 39.9 Å². The number of carbonyl (C=O) groups excluding carboxylic acids is 2. The Morgan fingerprint density at radius 1 is 1.27 bits per heavy atom. The minimum absolute atomic E-state index is 0.0200. The van der Waals surface area contributed by atoms with Crippen LogP contribution in [-0.4, -0.2) is 67.6 Å². The van der Waals surface area contributed by atoms with Gasteiger partial charge in [0.15, 0.2) is 0 Å². The Labute approximate surface area is 130 Å². The Hall–Kier alpha value is -1.92. The number of ether oxygens (including phenoxy) is 1. The minimum atomic E-state index is -0.577. The fraction of sp³-hybridized carbons (Fsp3) is 0.500. The highest BCUT2D eigenvalue weighted by molar-refractivity contribution is 5.87. The van der Waals surface area contributed by atoms with E-state index >= 15 is 0 Å². The van der Waals surface area contributed by atoms with Gasteiger partial charge in [0.1, 0.15) is 12.6 Å². The molecule has 0 spiro atoms. The van der Waals surface area contributed by atoms with Crippen LogP contribution in [0.2, 0.25) is 0 Å². The molecule has 1 heterocycles. The monoisotopic (exact) mass is 305 g/mol. The van der Waals surface area contributed by atoms with Crippen LogP contribution < -0.4 is 5.73 Å². The van der Waals surface area contributed by atoms with E-state index in [0.717, 1.165) is 19.5 Å². The quantitative estimate of drug-likeness (QED) is 0.794. The lowest BCUT2D eigenvalue weighted by Crippen LogP contribution is -2.60. The summed E-state index contributed by atoms with van der Waals surface area (Å²) in [7, 11) is 1.47. The third kappa shape index (κ3) is 4.29. The lowest BCUT2D eigenvalue weighted by atomic mass is 10.1. The first-order chi connectivity index (χ1) is 10.6. The summed E-state index contributed by atoms with van der Waals surface area (Å²) in [5.41, 5.74) is 6.72. The average Bonchev–Trinajstić information content (AvgIpc) is 2.54. The van der Waals surface area contributed by atoms with Gasteiger partial charge in [-0.05, 0) is 12.0 Å². The number of nitrogens with two attached hydrogens (primary N) is 1. The van der Waals surface area contributed by atoms with Gasteiger partial charge >= 0.3 is 0 Å². The number of hydrogen-bond donors (Lipinski definition) is 1. The zero-order chi connectivity index (χ0) is 15.9. The number of methoxy groups -OCH3 is 1. The highest BCUT2D eigenvalue weighted by atomic mass is 16.5. The highest BCUT2D eigenvalue weighted by Gasteiger charge is 2.33.